The standard InChI is InChI=1S/C12H9Cl3N2OS/c13-7-2-9(14)11(10(15)3-7)17-4-8-1-6(5-19-8)12(16)18/h1-3,5,17H,4H2,(H2,16,18). The van der Waals surface area contributed by atoms with Gasteiger partial charge in [0.2, 0.25) is 5.91 Å². The van der Waals surface area contributed by atoms with E-state index < -0.39 is 5.91 Å². The second-order valence-corrected chi connectivity index (χ2v) is 6.01. The largest absolute Gasteiger partial charge is 0.378 e. The highest BCUT2D eigenvalue weighted by molar-refractivity contribution is 7.10. The van der Waals surface area contributed by atoms with Gasteiger partial charge in [-0.2, -0.15) is 0 Å². The van der Waals surface area contributed by atoms with Crippen molar-refractivity contribution in [3.05, 3.63) is 49.1 Å². The van der Waals surface area contributed by atoms with Crippen molar-refractivity contribution in [3.63, 3.8) is 0 Å². The van der Waals surface area contributed by atoms with Gasteiger partial charge in [-0.05, 0) is 18.2 Å². The highest BCUT2D eigenvalue weighted by Gasteiger charge is 2.09. The molecular weight excluding hydrogens is 327 g/mol. The van der Waals surface area contributed by atoms with E-state index in [1.54, 1.807) is 23.6 Å². The number of amides is 1. The Labute approximate surface area is 129 Å². The van der Waals surface area contributed by atoms with Crippen LogP contribution in [0, 0.1) is 0 Å². The molecule has 0 unspecified atom stereocenters. The fraction of sp³-hybridized carbons (Fsp3) is 0.0833. The van der Waals surface area contributed by atoms with Gasteiger partial charge in [-0.25, -0.2) is 0 Å². The molecule has 0 aliphatic carbocycles. The maximum absolute atomic E-state index is 11.0. The fourth-order valence-corrected chi connectivity index (χ4v) is 3.25. The van der Waals surface area contributed by atoms with E-state index in [0.717, 1.165) is 4.88 Å². The third kappa shape index (κ3) is 3.54. The second kappa shape index (κ2) is 6.01. The molecule has 0 bridgehead atoms. The summed E-state index contributed by atoms with van der Waals surface area (Å²) in [5, 5.41) is 6.20. The summed E-state index contributed by atoms with van der Waals surface area (Å²) in [5.41, 5.74) is 6.30. The predicted molar refractivity (Wildman–Crippen MR) is 81.6 cm³/mol. The quantitative estimate of drug-likeness (QED) is 0.869. The molecule has 2 aromatic rings. The van der Waals surface area contributed by atoms with Crippen LogP contribution in [0.5, 0.6) is 0 Å². The Morgan fingerprint density at radius 2 is 1.84 bits per heavy atom. The zero-order valence-corrected chi connectivity index (χ0v) is 12.6. The molecule has 1 amide bonds. The van der Waals surface area contributed by atoms with Crippen molar-refractivity contribution in [1.29, 1.82) is 0 Å². The Hall–Kier alpha value is -0.940. The fourth-order valence-electron chi connectivity index (χ4n) is 1.49. The van der Waals surface area contributed by atoms with E-state index in [4.69, 9.17) is 40.5 Å². The number of hydrogen-bond acceptors (Lipinski definition) is 3. The first-order valence-electron chi connectivity index (χ1n) is 5.23. The second-order valence-electron chi connectivity index (χ2n) is 3.76. The Morgan fingerprint density at radius 1 is 1.21 bits per heavy atom. The van der Waals surface area contributed by atoms with Crippen molar-refractivity contribution in [1.82, 2.24) is 0 Å². The van der Waals surface area contributed by atoms with E-state index in [2.05, 4.69) is 5.32 Å². The van der Waals surface area contributed by atoms with Gasteiger partial charge in [-0.3, -0.25) is 4.79 Å². The molecule has 1 aromatic heterocycles. The van der Waals surface area contributed by atoms with Crippen LogP contribution in [0.4, 0.5) is 5.69 Å². The summed E-state index contributed by atoms with van der Waals surface area (Å²) in [4.78, 5) is 11.9. The lowest BCUT2D eigenvalue weighted by molar-refractivity contribution is 0.100. The molecule has 0 saturated carbocycles. The van der Waals surface area contributed by atoms with Crippen LogP contribution in [0.1, 0.15) is 15.2 Å². The van der Waals surface area contributed by atoms with Crippen molar-refractivity contribution in [2.75, 3.05) is 5.32 Å². The summed E-state index contributed by atoms with van der Waals surface area (Å²) in [6, 6.07) is 4.96. The van der Waals surface area contributed by atoms with E-state index in [-0.39, 0.29) is 0 Å². The van der Waals surface area contributed by atoms with Crippen LogP contribution in [0.15, 0.2) is 23.6 Å². The number of primary amides is 1. The molecule has 1 aromatic carbocycles. The molecule has 0 radical (unpaired) electrons. The highest BCUT2D eigenvalue weighted by Crippen LogP contribution is 2.34. The SMILES string of the molecule is NC(=O)c1csc(CNc2c(Cl)cc(Cl)cc2Cl)c1. The van der Waals surface area contributed by atoms with Gasteiger partial charge >= 0.3 is 0 Å². The number of nitrogens with one attached hydrogen (secondary N) is 1. The Morgan fingerprint density at radius 3 is 2.37 bits per heavy atom. The number of benzene rings is 1. The third-order valence-corrected chi connectivity index (χ3v) is 4.14. The first-order valence-corrected chi connectivity index (χ1v) is 7.24. The third-order valence-electron chi connectivity index (χ3n) is 2.38. The first-order chi connectivity index (χ1) is 8.97. The van der Waals surface area contributed by atoms with Gasteiger partial charge in [0, 0.05) is 21.8 Å². The van der Waals surface area contributed by atoms with E-state index >= 15 is 0 Å². The molecule has 0 fully saturated rings. The van der Waals surface area contributed by atoms with Gasteiger partial charge in [0.1, 0.15) is 0 Å². The highest BCUT2D eigenvalue weighted by atomic mass is 35.5. The topological polar surface area (TPSA) is 55.1 Å². The van der Waals surface area contributed by atoms with Crippen LogP contribution in [0.3, 0.4) is 0 Å². The Balaban J connectivity index is 2.12. The number of hydrogen-bond donors (Lipinski definition) is 2. The summed E-state index contributed by atoms with van der Waals surface area (Å²) in [7, 11) is 0. The molecule has 1 heterocycles. The molecule has 19 heavy (non-hydrogen) atoms. The van der Waals surface area contributed by atoms with E-state index in [1.165, 1.54) is 11.3 Å². The van der Waals surface area contributed by atoms with E-state index in [0.29, 0.717) is 32.9 Å². The molecule has 0 saturated heterocycles. The molecule has 7 heteroatoms. The number of thiophene rings is 1. The number of anilines is 1. The summed E-state index contributed by atoms with van der Waals surface area (Å²) in [5.74, 6) is -0.440. The Bertz CT molecular complexity index is 604. The van der Waals surface area contributed by atoms with Crippen molar-refractivity contribution in [2.24, 2.45) is 5.73 Å². The minimum Gasteiger partial charge on any atom is -0.378 e. The van der Waals surface area contributed by atoms with Crippen LogP contribution < -0.4 is 11.1 Å². The average Bonchev–Trinajstić information content (AvgIpc) is 2.76. The van der Waals surface area contributed by atoms with Crippen LogP contribution in [-0.2, 0) is 6.54 Å². The van der Waals surface area contributed by atoms with E-state index in [1.807, 2.05) is 0 Å². The number of nitrogens with two attached hydrogens (primary N) is 1. The maximum atomic E-state index is 11.0. The van der Waals surface area contributed by atoms with Crippen molar-refractivity contribution < 1.29 is 4.79 Å². The minimum absolute atomic E-state index is 0.440. The summed E-state index contributed by atoms with van der Waals surface area (Å²) >= 11 is 19.4. The molecule has 2 rings (SSSR count). The summed E-state index contributed by atoms with van der Waals surface area (Å²) in [6.07, 6.45) is 0. The normalized spacial score (nSPS) is 10.5. The molecular formula is C12H9Cl3N2OS. The van der Waals surface area contributed by atoms with E-state index in [9.17, 15) is 4.79 Å². The lowest BCUT2D eigenvalue weighted by Crippen LogP contribution is -2.09. The summed E-state index contributed by atoms with van der Waals surface area (Å²) in [6.45, 7) is 0.499. The minimum atomic E-state index is -0.440. The smallest absolute Gasteiger partial charge is 0.249 e. The summed E-state index contributed by atoms with van der Waals surface area (Å²) < 4.78 is 0. The monoisotopic (exact) mass is 334 g/mol. The van der Waals surface area contributed by atoms with Crippen LogP contribution in [0.25, 0.3) is 0 Å². The first kappa shape index (κ1) is 14.5. The van der Waals surface area contributed by atoms with Crippen molar-refractivity contribution in [2.45, 2.75) is 6.54 Å². The lowest BCUT2D eigenvalue weighted by Gasteiger charge is -2.09. The lowest BCUT2D eigenvalue weighted by atomic mass is 10.3. The number of rotatable bonds is 4. The van der Waals surface area contributed by atoms with Crippen LogP contribution in [-0.4, -0.2) is 5.91 Å². The molecule has 0 aliphatic rings. The van der Waals surface area contributed by atoms with Crippen molar-refractivity contribution >= 4 is 57.7 Å². The van der Waals surface area contributed by atoms with Crippen LogP contribution >= 0.6 is 46.1 Å². The maximum Gasteiger partial charge on any atom is 0.249 e. The van der Waals surface area contributed by atoms with Crippen LogP contribution in [0.2, 0.25) is 15.1 Å². The van der Waals surface area contributed by atoms with Gasteiger partial charge in [0.15, 0.2) is 0 Å². The number of carbonyl (C=O) groups is 1. The van der Waals surface area contributed by atoms with Gasteiger partial charge in [0.25, 0.3) is 0 Å². The molecule has 3 nitrogen and oxygen atoms in total. The van der Waals surface area contributed by atoms with Gasteiger partial charge in [-0.15, -0.1) is 11.3 Å². The predicted octanol–water partition coefficient (Wildman–Crippen LogP) is 4.42. The molecule has 3 N–H and O–H groups in total. The van der Waals surface area contributed by atoms with Gasteiger partial charge < -0.3 is 11.1 Å². The molecule has 0 aliphatic heterocycles. The van der Waals surface area contributed by atoms with Crippen molar-refractivity contribution in [3.8, 4) is 0 Å². The average molecular weight is 336 g/mol. The molecule has 100 valence electrons. The number of carbonyl (C=O) groups excluding carboxylic acids is 1. The zero-order valence-electron chi connectivity index (χ0n) is 9.54. The zero-order chi connectivity index (χ0) is 14.0. The van der Waals surface area contributed by atoms with Gasteiger partial charge in [0.05, 0.1) is 21.3 Å². The molecule has 0 atom stereocenters. The van der Waals surface area contributed by atoms with Gasteiger partial charge in [-0.1, -0.05) is 34.8 Å². The number of halogens is 3. The molecule has 0 spiro atoms. The Kier molecular flexibility index (Phi) is 4.58.